The van der Waals surface area contributed by atoms with Crippen LogP contribution in [0.2, 0.25) is 0 Å². The molecule has 0 fully saturated rings. The van der Waals surface area contributed by atoms with Crippen LogP contribution >= 0.6 is 0 Å². The summed E-state index contributed by atoms with van der Waals surface area (Å²) in [5.74, 6) is 0.494. The van der Waals surface area contributed by atoms with Crippen molar-refractivity contribution in [3.63, 3.8) is 0 Å². The van der Waals surface area contributed by atoms with Crippen LogP contribution in [0.5, 0.6) is 0 Å². The van der Waals surface area contributed by atoms with Crippen molar-refractivity contribution in [2.24, 2.45) is 0 Å². The Kier molecular flexibility index (Phi) is 5.01. The van der Waals surface area contributed by atoms with E-state index < -0.39 is 0 Å². The summed E-state index contributed by atoms with van der Waals surface area (Å²) in [5.41, 5.74) is 1.90. The zero-order valence-electron chi connectivity index (χ0n) is 11.8. The van der Waals surface area contributed by atoms with E-state index >= 15 is 0 Å². The smallest absolute Gasteiger partial charge is 0.141 e. The van der Waals surface area contributed by atoms with Gasteiger partial charge >= 0.3 is 0 Å². The van der Waals surface area contributed by atoms with Crippen molar-refractivity contribution in [1.29, 1.82) is 0 Å². The molecule has 2 rings (SSSR count). The predicted octanol–water partition coefficient (Wildman–Crippen LogP) is 2.01. The number of nitrogens with one attached hydrogen (secondary N) is 1. The molecule has 0 radical (unpaired) electrons. The Labute approximate surface area is 118 Å². The molecule has 106 valence electrons. The van der Waals surface area contributed by atoms with E-state index in [9.17, 15) is 4.39 Å². The molecule has 5 heteroatoms. The molecule has 0 aromatic carbocycles. The fourth-order valence-corrected chi connectivity index (χ4v) is 2.07. The average molecular weight is 274 g/mol. The van der Waals surface area contributed by atoms with Gasteiger partial charge in [0.05, 0.1) is 6.20 Å². The molecule has 2 aromatic heterocycles. The highest BCUT2D eigenvalue weighted by atomic mass is 19.1. The molecule has 0 amide bonds. The number of rotatable bonds is 6. The molecule has 0 aliphatic heterocycles. The van der Waals surface area contributed by atoms with Crippen molar-refractivity contribution in [3.8, 4) is 0 Å². The number of likely N-dealkylation sites (N-methyl/N-ethyl adjacent to an activating group) is 1. The predicted molar refractivity (Wildman–Crippen MR) is 78.2 cm³/mol. The fourth-order valence-electron chi connectivity index (χ4n) is 2.07. The molecule has 0 aliphatic rings. The molecule has 0 unspecified atom stereocenters. The second-order valence-electron chi connectivity index (χ2n) is 4.66. The third-order valence-corrected chi connectivity index (χ3v) is 3.07. The Bertz CT molecular complexity index is 545. The first-order valence-electron chi connectivity index (χ1n) is 6.61. The van der Waals surface area contributed by atoms with E-state index in [4.69, 9.17) is 0 Å². The van der Waals surface area contributed by atoms with Crippen molar-refractivity contribution in [2.45, 2.75) is 13.0 Å². The third kappa shape index (κ3) is 3.74. The third-order valence-electron chi connectivity index (χ3n) is 3.07. The van der Waals surface area contributed by atoms with Crippen LogP contribution in [-0.2, 0) is 13.0 Å². The highest BCUT2D eigenvalue weighted by Gasteiger charge is 2.10. The number of hydrogen-bond acceptors (Lipinski definition) is 4. The minimum Gasteiger partial charge on any atom is -0.359 e. The summed E-state index contributed by atoms with van der Waals surface area (Å²) >= 11 is 0. The molecule has 0 saturated carbocycles. The molecular formula is C15H19FN4. The molecule has 0 spiro atoms. The molecular weight excluding hydrogens is 255 g/mol. The Morgan fingerprint density at radius 3 is 2.85 bits per heavy atom. The van der Waals surface area contributed by atoms with Crippen LogP contribution in [0.3, 0.4) is 0 Å². The maximum Gasteiger partial charge on any atom is 0.141 e. The first-order chi connectivity index (χ1) is 9.70. The quantitative estimate of drug-likeness (QED) is 0.875. The van der Waals surface area contributed by atoms with Crippen molar-refractivity contribution >= 4 is 5.82 Å². The first-order valence-corrected chi connectivity index (χ1v) is 6.61. The van der Waals surface area contributed by atoms with Crippen LogP contribution in [0, 0.1) is 5.82 Å². The van der Waals surface area contributed by atoms with Gasteiger partial charge in [-0.25, -0.2) is 9.37 Å². The van der Waals surface area contributed by atoms with Crippen molar-refractivity contribution in [2.75, 3.05) is 25.5 Å². The van der Waals surface area contributed by atoms with Crippen LogP contribution in [0.4, 0.5) is 10.2 Å². The number of nitrogens with zero attached hydrogens (tertiary/aromatic N) is 3. The maximum atomic E-state index is 13.3. The summed E-state index contributed by atoms with van der Waals surface area (Å²) in [7, 11) is 3.80. The molecule has 0 bridgehead atoms. The Morgan fingerprint density at radius 2 is 2.15 bits per heavy atom. The molecule has 0 saturated heterocycles. The topological polar surface area (TPSA) is 41.1 Å². The molecule has 20 heavy (non-hydrogen) atoms. The highest BCUT2D eigenvalue weighted by Crippen LogP contribution is 2.17. The average Bonchev–Trinajstić information content (AvgIpc) is 2.46. The number of anilines is 1. The van der Waals surface area contributed by atoms with Gasteiger partial charge in [0, 0.05) is 44.0 Å². The fraction of sp³-hybridized carbons (Fsp3) is 0.333. The Hall–Kier alpha value is -2.01. The van der Waals surface area contributed by atoms with Crippen LogP contribution in [0.15, 0.2) is 36.7 Å². The summed E-state index contributed by atoms with van der Waals surface area (Å²) in [6.07, 6.45) is 3.87. The lowest BCUT2D eigenvalue weighted by Crippen LogP contribution is -2.24. The van der Waals surface area contributed by atoms with E-state index in [0.717, 1.165) is 30.0 Å². The van der Waals surface area contributed by atoms with Gasteiger partial charge in [-0.15, -0.1) is 0 Å². The van der Waals surface area contributed by atoms with E-state index in [-0.39, 0.29) is 5.82 Å². The summed E-state index contributed by atoms with van der Waals surface area (Å²) < 4.78 is 13.3. The lowest BCUT2D eigenvalue weighted by molar-refractivity contribution is 0.615. The Morgan fingerprint density at radius 1 is 1.30 bits per heavy atom. The van der Waals surface area contributed by atoms with E-state index in [1.165, 1.54) is 12.3 Å². The standard InChI is InChI=1S/C15H19FN4/c1-17-10-12-9-13(16)11-19-15(12)20(2)8-6-14-5-3-4-7-18-14/h3-5,7,9,11,17H,6,8,10H2,1-2H3. The van der Waals surface area contributed by atoms with Gasteiger partial charge in [-0.2, -0.15) is 0 Å². The molecule has 2 aromatic rings. The minimum atomic E-state index is -0.308. The normalized spacial score (nSPS) is 10.6. The van der Waals surface area contributed by atoms with Crippen LogP contribution in [0.25, 0.3) is 0 Å². The largest absolute Gasteiger partial charge is 0.359 e. The number of hydrogen-bond donors (Lipinski definition) is 1. The van der Waals surface area contributed by atoms with Crippen molar-refractivity contribution < 1.29 is 4.39 Å². The van der Waals surface area contributed by atoms with E-state index in [1.54, 1.807) is 6.20 Å². The van der Waals surface area contributed by atoms with Gasteiger partial charge < -0.3 is 10.2 Å². The van der Waals surface area contributed by atoms with E-state index in [0.29, 0.717) is 6.54 Å². The molecule has 2 heterocycles. The van der Waals surface area contributed by atoms with Crippen LogP contribution in [-0.4, -0.2) is 30.6 Å². The van der Waals surface area contributed by atoms with E-state index in [2.05, 4.69) is 15.3 Å². The van der Waals surface area contributed by atoms with Crippen LogP contribution < -0.4 is 10.2 Å². The summed E-state index contributed by atoms with van der Waals surface area (Å²) in [6.45, 7) is 1.38. The summed E-state index contributed by atoms with van der Waals surface area (Å²) in [5, 5.41) is 3.03. The number of aromatic nitrogens is 2. The molecule has 1 N–H and O–H groups in total. The minimum absolute atomic E-state index is 0.308. The summed E-state index contributed by atoms with van der Waals surface area (Å²) in [4.78, 5) is 10.5. The lowest BCUT2D eigenvalue weighted by atomic mass is 10.2. The van der Waals surface area contributed by atoms with Gasteiger partial charge in [0.1, 0.15) is 11.6 Å². The number of pyridine rings is 2. The zero-order chi connectivity index (χ0) is 14.4. The highest BCUT2D eigenvalue weighted by molar-refractivity contribution is 5.46. The zero-order valence-corrected chi connectivity index (χ0v) is 11.8. The SMILES string of the molecule is CNCc1cc(F)cnc1N(C)CCc1ccccn1. The van der Waals surface area contributed by atoms with E-state index in [1.807, 2.05) is 37.2 Å². The Balaban J connectivity index is 2.06. The summed E-state index contributed by atoms with van der Waals surface area (Å²) in [6, 6.07) is 7.40. The molecule has 0 aliphatic carbocycles. The monoisotopic (exact) mass is 274 g/mol. The second kappa shape index (κ2) is 6.96. The van der Waals surface area contributed by atoms with Gasteiger partial charge in [-0.1, -0.05) is 6.07 Å². The van der Waals surface area contributed by atoms with Crippen LogP contribution in [0.1, 0.15) is 11.3 Å². The maximum absolute atomic E-state index is 13.3. The lowest BCUT2D eigenvalue weighted by Gasteiger charge is -2.21. The van der Waals surface area contributed by atoms with Gasteiger partial charge in [0.15, 0.2) is 0 Å². The van der Waals surface area contributed by atoms with Crippen molar-refractivity contribution in [1.82, 2.24) is 15.3 Å². The van der Waals surface area contributed by atoms with Gasteiger partial charge in [-0.3, -0.25) is 4.98 Å². The first kappa shape index (κ1) is 14.4. The van der Waals surface area contributed by atoms with Gasteiger partial charge in [-0.05, 0) is 25.2 Å². The van der Waals surface area contributed by atoms with Gasteiger partial charge in [0.2, 0.25) is 0 Å². The molecule has 0 atom stereocenters. The number of halogens is 1. The van der Waals surface area contributed by atoms with Crippen molar-refractivity contribution in [3.05, 3.63) is 53.7 Å². The second-order valence-corrected chi connectivity index (χ2v) is 4.66. The molecule has 4 nitrogen and oxygen atoms in total. The van der Waals surface area contributed by atoms with Gasteiger partial charge in [0.25, 0.3) is 0 Å².